The maximum absolute atomic E-state index is 13.3. The second kappa shape index (κ2) is 25.4. The van der Waals surface area contributed by atoms with Gasteiger partial charge in [0.2, 0.25) is 35.4 Å². The van der Waals surface area contributed by atoms with Crippen LogP contribution in [0.4, 0.5) is 0 Å². The third-order valence-electron chi connectivity index (χ3n) is 7.22. The number of aliphatic hydroxyl groups excluding tert-OH is 1. The normalized spacial score (nSPS) is 14.4. The fourth-order valence-electron chi connectivity index (χ4n) is 4.32. The van der Waals surface area contributed by atoms with Crippen LogP contribution in [-0.2, 0) is 43.2 Å². The van der Waals surface area contributed by atoms with Crippen molar-refractivity contribution in [2.45, 2.75) is 100 Å². The number of carbonyl (C=O) groups excluding carboxylic acids is 6. The second-order valence-electron chi connectivity index (χ2n) is 11.4. The van der Waals surface area contributed by atoms with Gasteiger partial charge in [0.15, 0.2) is 0 Å². The van der Waals surface area contributed by atoms with Gasteiger partial charge in [0.1, 0.15) is 30.2 Å². The van der Waals surface area contributed by atoms with Gasteiger partial charge in [-0.3, -0.25) is 38.4 Å². The Balaban J connectivity index is 6.02. The molecule has 0 fully saturated rings. The molecule has 15 N–H and O–H groups in total. The van der Waals surface area contributed by atoms with E-state index in [9.17, 15) is 58.5 Å². The molecule has 0 aromatic heterocycles. The Morgan fingerprint density at radius 1 is 0.588 bits per heavy atom. The fourth-order valence-corrected chi connectivity index (χ4v) is 4.81. The Kier molecular flexibility index (Phi) is 23.2. The van der Waals surface area contributed by atoms with Gasteiger partial charge < -0.3 is 64.2 Å². The minimum atomic E-state index is -1.77. The number of unbranched alkanes of at least 4 members (excludes halogenated alkanes) is 1. The highest BCUT2D eigenvalue weighted by molar-refractivity contribution is 7.98. The summed E-state index contributed by atoms with van der Waals surface area (Å²) in [5, 5.41) is 49.0. The van der Waals surface area contributed by atoms with E-state index in [1.165, 1.54) is 11.8 Å². The van der Waals surface area contributed by atoms with E-state index in [1.807, 2.05) is 0 Å². The highest BCUT2D eigenvalue weighted by atomic mass is 32.2. The van der Waals surface area contributed by atoms with Crippen LogP contribution in [0, 0.1) is 0 Å². The van der Waals surface area contributed by atoms with Gasteiger partial charge in [0.05, 0.1) is 12.6 Å². The number of aliphatic carboxylic acids is 3. The minimum Gasteiger partial charge on any atom is -0.481 e. The monoisotopic (exact) mass is 750 g/mol. The molecule has 0 rings (SSSR count). The summed E-state index contributed by atoms with van der Waals surface area (Å²) < 4.78 is 0. The van der Waals surface area contributed by atoms with E-state index in [0.29, 0.717) is 12.2 Å². The summed E-state index contributed by atoms with van der Waals surface area (Å²) in [4.78, 5) is 110. The molecule has 6 amide bonds. The van der Waals surface area contributed by atoms with Gasteiger partial charge in [-0.25, -0.2) is 4.79 Å². The molecule has 6 atom stereocenters. The average Bonchev–Trinajstić information content (AvgIpc) is 3.06. The molecular formula is C29H50N8O13S. The molecule has 0 aliphatic carbocycles. The van der Waals surface area contributed by atoms with E-state index in [2.05, 4.69) is 26.6 Å². The van der Waals surface area contributed by atoms with Crippen LogP contribution in [0.1, 0.15) is 64.2 Å². The molecule has 0 aliphatic heterocycles. The van der Waals surface area contributed by atoms with Gasteiger partial charge in [0.25, 0.3) is 0 Å². The topological polar surface area (TPSA) is 373 Å². The Hall–Kier alpha value is -4.54. The molecule has 21 nitrogen and oxygen atoms in total. The predicted octanol–water partition coefficient (Wildman–Crippen LogP) is -4.31. The molecule has 0 bridgehead atoms. The molecule has 0 radical (unpaired) electrons. The molecule has 290 valence electrons. The zero-order valence-corrected chi connectivity index (χ0v) is 29.1. The van der Waals surface area contributed by atoms with E-state index in [4.69, 9.17) is 22.3 Å². The first-order chi connectivity index (χ1) is 24.0. The molecule has 0 saturated heterocycles. The molecule has 0 spiro atoms. The molecule has 0 aromatic rings. The number of carbonyl (C=O) groups is 9. The number of carboxylic acid groups (broad SMARTS) is 3. The Morgan fingerprint density at radius 3 is 1.41 bits per heavy atom. The highest BCUT2D eigenvalue weighted by Crippen LogP contribution is 2.08. The third-order valence-corrected chi connectivity index (χ3v) is 7.86. The van der Waals surface area contributed by atoms with Crippen LogP contribution >= 0.6 is 11.8 Å². The molecule has 0 aliphatic rings. The number of carboxylic acids is 3. The van der Waals surface area contributed by atoms with Crippen molar-refractivity contribution >= 4 is 65.1 Å². The number of primary amides is 1. The number of rotatable bonds is 28. The van der Waals surface area contributed by atoms with Crippen molar-refractivity contribution in [1.82, 2.24) is 26.6 Å². The van der Waals surface area contributed by atoms with Crippen molar-refractivity contribution < 1.29 is 63.6 Å². The molecule has 0 aromatic carbocycles. The quantitative estimate of drug-likeness (QED) is 0.0336. The number of hydrogen-bond donors (Lipinski definition) is 12. The fraction of sp³-hybridized carbons (Fsp3) is 0.690. The summed E-state index contributed by atoms with van der Waals surface area (Å²) >= 11 is 1.41. The van der Waals surface area contributed by atoms with Crippen LogP contribution in [0.3, 0.4) is 0 Å². The van der Waals surface area contributed by atoms with Crippen molar-refractivity contribution in [3.05, 3.63) is 0 Å². The van der Waals surface area contributed by atoms with Gasteiger partial charge in [-0.1, -0.05) is 0 Å². The predicted molar refractivity (Wildman–Crippen MR) is 180 cm³/mol. The summed E-state index contributed by atoms with van der Waals surface area (Å²) in [6.07, 6.45) is -0.234. The largest absolute Gasteiger partial charge is 0.481 e. The van der Waals surface area contributed by atoms with Crippen molar-refractivity contribution in [3.8, 4) is 0 Å². The van der Waals surface area contributed by atoms with E-state index in [-0.39, 0.29) is 38.6 Å². The van der Waals surface area contributed by atoms with Crippen LogP contribution in [0.2, 0.25) is 0 Å². The smallest absolute Gasteiger partial charge is 0.326 e. The number of hydrogen-bond acceptors (Lipinski definition) is 13. The second-order valence-corrected chi connectivity index (χ2v) is 12.4. The van der Waals surface area contributed by atoms with Gasteiger partial charge in [-0.2, -0.15) is 11.8 Å². The molecule has 0 unspecified atom stereocenters. The van der Waals surface area contributed by atoms with E-state index < -0.39 is 122 Å². The summed E-state index contributed by atoms with van der Waals surface area (Å²) in [5.41, 5.74) is 16.4. The number of amides is 6. The molecular weight excluding hydrogens is 700 g/mol. The van der Waals surface area contributed by atoms with E-state index in [0.717, 1.165) is 0 Å². The number of aliphatic hydroxyl groups is 1. The van der Waals surface area contributed by atoms with Crippen molar-refractivity contribution in [2.24, 2.45) is 17.2 Å². The van der Waals surface area contributed by atoms with Crippen molar-refractivity contribution in [2.75, 3.05) is 25.2 Å². The summed E-state index contributed by atoms with van der Waals surface area (Å²) in [5.74, 6) is -9.50. The molecule has 51 heavy (non-hydrogen) atoms. The lowest BCUT2D eigenvalue weighted by Gasteiger charge is -2.26. The van der Waals surface area contributed by atoms with Crippen molar-refractivity contribution in [1.29, 1.82) is 0 Å². The van der Waals surface area contributed by atoms with Crippen LogP contribution in [0.5, 0.6) is 0 Å². The molecule has 0 saturated carbocycles. The summed E-state index contributed by atoms with van der Waals surface area (Å²) in [6, 6.07) is -8.92. The van der Waals surface area contributed by atoms with Gasteiger partial charge in [-0.05, 0) is 63.5 Å². The first kappa shape index (κ1) is 46.5. The zero-order chi connectivity index (χ0) is 39.1. The SMILES string of the molecule is CSCC[C@H](N)C(=O)N[C@@H](CCC(=O)O)C(=O)N[C@@H](CCC(=O)O)C(=O)N[C@@H](CO)C(=O)N[C@@H](CCCCN)C(=O)N[C@@H](CCC(N)=O)C(=O)O. The van der Waals surface area contributed by atoms with Gasteiger partial charge >= 0.3 is 17.9 Å². The third kappa shape index (κ3) is 20.0. The Bertz CT molecular complexity index is 1220. The maximum atomic E-state index is 13.3. The lowest BCUT2D eigenvalue weighted by atomic mass is 10.1. The van der Waals surface area contributed by atoms with Crippen LogP contribution in [0.25, 0.3) is 0 Å². The van der Waals surface area contributed by atoms with Crippen LogP contribution in [0.15, 0.2) is 0 Å². The van der Waals surface area contributed by atoms with E-state index >= 15 is 0 Å². The first-order valence-corrected chi connectivity index (χ1v) is 17.4. The Labute approximate surface area is 297 Å². The highest BCUT2D eigenvalue weighted by Gasteiger charge is 2.33. The minimum absolute atomic E-state index is 0.0509. The standard InChI is InChI=1S/C29H50N8O13S/c1-51-13-11-15(31)24(44)33-17(6-9-22(40)41)26(46)35-18(7-10-23(42)43)27(47)37-20(14-38)28(48)34-16(4-2-3-12-30)25(45)36-19(29(49)50)5-8-21(32)39/h15-20,38H,2-14,30-31H2,1H3,(H2,32,39)(H,33,44)(H,34,48)(H,35,46)(H,36,45)(H,37,47)(H,40,41)(H,42,43)(H,49,50)/t15-,16-,17-,18-,19-,20-/m0/s1. The lowest BCUT2D eigenvalue weighted by Crippen LogP contribution is -2.60. The summed E-state index contributed by atoms with van der Waals surface area (Å²) in [7, 11) is 0. The van der Waals surface area contributed by atoms with Crippen LogP contribution < -0.4 is 43.8 Å². The molecule has 0 heterocycles. The maximum Gasteiger partial charge on any atom is 0.326 e. The van der Waals surface area contributed by atoms with E-state index in [1.54, 1.807) is 6.26 Å². The van der Waals surface area contributed by atoms with Gasteiger partial charge in [-0.15, -0.1) is 0 Å². The zero-order valence-electron chi connectivity index (χ0n) is 28.3. The number of nitrogens with two attached hydrogens (primary N) is 3. The van der Waals surface area contributed by atoms with Crippen molar-refractivity contribution in [3.63, 3.8) is 0 Å². The van der Waals surface area contributed by atoms with Gasteiger partial charge in [0, 0.05) is 19.3 Å². The Morgan fingerprint density at radius 2 is 1.00 bits per heavy atom. The van der Waals surface area contributed by atoms with Crippen LogP contribution in [-0.4, -0.2) is 135 Å². The average molecular weight is 751 g/mol. The number of nitrogens with one attached hydrogen (secondary N) is 5. The first-order valence-electron chi connectivity index (χ1n) is 16.0. The summed E-state index contributed by atoms with van der Waals surface area (Å²) in [6.45, 7) is -0.820. The number of thioether (sulfide) groups is 1. The lowest BCUT2D eigenvalue weighted by molar-refractivity contribution is -0.143. The molecule has 22 heteroatoms.